The highest BCUT2D eigenvalue weighted by molar-refractivity contribution is 7.91. The van der Waals surface area contributed by atoms with Crippen LogP contribution in [0.1, 0.15) is 16.8 Å². The summed E-state index contributed by atoms with van der Waals surface area (Å²) in [5, 5.41) is 0.901. The summed E-state index contributed by atoms with van der Waals surface area (Å²) in [6.45, 7) is 0. The molecule has 0 saturated carbocycles. The Labute approximate surface area is 124 Å². The van der Waals surface area contributed by atoms with Crippen molar-refractivity contribution in [2.24, 2.45) is 7.05 Å². The summed E-state index contributed by atoms with van der Waals surface area (Å²) in [5.74, 6) is 0.124. The highest BCUT2D eigenvalue weighted by Gasteiger charge is 2.33. The van der Waals surface area contributed by atoms with Crippen molar-refractivity contribution in [1.29, 1.82) is 0 Å². The number of carbonyl (C=O) groups excluding carboxylic acids is 1. The fraction of sp³-hybridized carbons (Fsp3) is 0.400. The van der Waals surface area contributed by atoms with Crippen LogP contribution in [0.5, 0.6) is 0 Å². The lowest BCUT2D eigenvalue weighted by Gasteiger charge is -2.23. The number of hydrogen-bond donors (Lipinski definition) is 0. The Morgan fingerprint density at radius 2 is 2.05 bits per heavy atom. The number of para-hydroxylation sites is 1. The van der Waals surface area contributed by atoms with Gasteiger partial charge >= 0.3 is 0 Å². The van der Waals surface area contributed by atoms with Crippen molar-refractivity contribution in [1.82, 2.24) is 9.47 Å². The first kappa shape index (κ1) is 14.1. The van der Waals surface area contributed by atoms with Crippen molar-refractivity contribution in [2.75, 3.05) is 18.6 Å². The molecule has 1 aliphatic rings. The molecule has 112 valence electrons. The van der Waals surface area contributed by atoms with Crippen molar-refractivity contribution < 1.29 is 13.2 Å². The fourth-order valence-corrected chi connectivity index (χ4v) is 4.72. The smallest absolute Gasteiger partial charge is 0.256 e. The number of rotatable bonds is 2. The van der Waals surface area contributed by atoms with Gasteiger partial charge in [0.25, 0.3) is 5.91 Å². The number of amides is 1. The van der Waals surface area contributed by atoms with Crippen LogP contribution >= 0.6 is 0 Å². The van der Waals surface area contributed by atoms with E-state index in [1.807, 2.05) is 42.1 Å². The normalized spacial score (nSPS) is 20.8. The van der Waals surface area contributed by atoms with E-state index in [0.29, 0.717) is 12.0 Å². The van der Waals surface area contributed by atoms with Gasteiger partial charge in [0.05, 0.1) is 17.1 Å². The third kappa shape index (κ3) is 2.44. The minimum absolute atomic E-state index is 0.0695. The molecule has 1 amide bonds. The largest absolute Gasteiger partial charge is 0.350 e. The van der Waals surface area contributed by atoms with Gasteiger partial charge in [0, 0.05) is 37.2 Å². The zero-order valence-corrected chi connectivity index (χ0v) is 12.9. The molecule has 1 saturated heterocycles. The van der Waals surface area contributed by atoms with Gasteiger partial charge in [-0.15, -0.1) is 0 Å². The van der Waals surface area contributed by atoms with Crippen molar-refractivity contribution in [2.45, 2.75) is 12.5 Å². The minimum Gasteiger partial charge on any atom is -0.350 e. The maximum absolute atomic E-state index is 12.7. The number of sulfone groups is 1. The Hall–Kier alpha value is -1.82. The Balaban J connectivity index is 1.94. The predicted molar refractivity (Wildman–Crippen MR) is 82.1 cm³/mol. The molecule has 0 N–H and O–H groups in total. The molecule has 1 fully saturated rings. The Morgan fingerprint density at radius 3 is 2.71 bits per heavy atom. The third-order valence-electron chi connectivity index (χ3n) is 4.20. The van der Waals surface area contributed by atoms with E-state index in [-0.39, 0.29) is 23.5 Å². The van der Waals surface area contributed by atoms with Gasteiger partial charge in [-0.25, -0.2) is 8.42 Å². The standard InChI is InChI=1S/C15H18N2O3S/c1-16-9-13(12-5-3-4-6-14(12)16)15(18)17(2)11-7-8-21(19,20)10-11/h3-6,9,11H,7-8,10H2,1-2H3/t11-/m1/s1. The first-order valence-corrected chi connectivity index (χ1v) is 8.73. The van der Waals surface area contributed by atoms with Crippen molar-refractivity contribution in [3.05, 3.63) is 36.0 Å². The number of aryl methyl sites for hydroxylation is 1. The summed E-state index contributed by atoms with van der Waals surface area (Å²) < 4.78 is 25.1. The number of fused-ring (bicyclic) bond motifs is 1. The number of benzene rings is 1. The molecule has 0 unspecified atom stereocenters. The fourth-order valence-electron chi connectivity index (χ4n) is 2.95. The summed E-state index contributed by atoms with van der Waals surface area (Å²) >= 11 is 0. The predicted octanol–water partition coefficient (Wildman–Crippen LogP) is 1.44. The highest BCUT2D eigenvalue weighted by Crippen LogP contribution is 2.24. The van der Waals surface area contributed by atoms with E-state index < -0.39 is 9.84 Å². The SMILES string of the molecule is CN(C(=O)c1cn(C)c2ccccc12)[C@@H]1CCS(=O)(=O)C1. The number of nitrogens with zero attached hydrogens (tertiary/aromatic N) is 2. The molecule has 1 atom stereocenters. The molecule has 5 nitrogen and oxygen atoms in total. The second-order valence-corrected chi connectivity index (χ2v) is 7.87. The van der Waals surface area contributed by atoms with Gasteiger partial charge < -0.3 is 9.47 Å². The average molecular weight is 306 g/mol. The molecular weight excluding hydrogens is 288 g/mol. The van der Waals surface area contributed by atoms with Crippen LogP contribution < -0.4 is 0 Å². The third-order valence-corrected chi connectivity index (χ3v) is 5.95. The molecule has 1 aromatic heterocycles. The monoisotopic (exact) mass is 306 g/mol. The van der Waals surface area contributed by atoms with E-state index in [1.54, 1.807) is 11.9 Å². The van der Waals surface area contributed by atoms with Crippen molar-refractivity contribution in [3.63, 3.8) is 0 Å². The van der Waals surface area contributed by atoms with Crippen LogP contribution in [0, 0.1) is 0 Å². The lowest BCUT2D eigenvalue weighted by atomic mass is 10.1. The Morgan fingerprint density at radius 1 is 1.33 bits per heavy atom. The van der Waals surface area contributed by atoms with E-state index in [9.17, 15) is 13.2 Å². The topological polar surface area (TPSA) is 59.4 Å². The summed E-state index contributed by atoms with van der Waals surface area (Å²) in [6, 6.07) is 7.50. The number of aromatic nitrogens is 1. The summed E-state index contributed by atoms with van der Waals surface area (Å²) in [4.78, 5) is 14.3. The van der Waals surface area contributed by atoms with Crippen molar-refractivity contribution >= 4 is 26.6 Å². The molecule has 0 spiro atoms. The summed E-state index contributed by atoms with van der Waals surface area (Å²) in [7, 11) is 0.599. The second-order valence-electron chi connectivity index (χ2n) is 5.64. The van der Waals surface area contributed by atoms with Gasteiger partial charge in [-0.2, -0.15) is 0 Å². The maximum atomic E-state index is 12.7. The van der Waals surface area contributed by atoms with E-state index in [2.05, 4.69) is 0 Å². The molecule has 6 heteroatoms. The van der Waals surface area contributed by atoms with E-state index in [4.69, 9.17) is 0 Å². The van der Waals surface area contributed by atoms with E-state index in [0.717, 1.165) is 10.9 Å². The van der Waals surface area contributed by atoms with Gasteiger partial charge in [0.2, 0.25) is 0 Å². The van der Waals surface area contributed by atoms with Crippen LogP contribution in [0.2, 0.25) is 0 Å². The first-order chi connectivity index (χ1) is 9.89. The minimum atomic E-state index is -2.99. The van der Waals surface area contributed by atoms with E-state index >= 15 is 0 Å². The van der Waals surface area contributed by atoms with Crippen LogP contribution in [-0.2, 0) is 16.9 Å². The quantitative estimate of drug-likeness (QED) is 0.843. The van der Waals surface area contributed by atoms with Gasteiger partial charge in [0.15, 0.2) is 9.84 Å². The molecule has 0 bridgehead atoms. The van der Waals surface area contributed by atoms with Crippen molar-refractivity contribution in [3.8, 4) is 0 Å². The van der Waals surface area contributed by atoms with Gasteiger partial charge in [-0.3, -0.25) is 4.79 Å². The lowest BCUT2D eigenvalue weighted by molar-refractivity contribution is 0.0749. The Bertz CT molecular complexity index is 807. The maximum Gasteiger partial charge on any atom is 0.256 e. The highest BCUT2D eigenvalue weighted by atomic mass is 32.2. The average Bonchev–Trinajstić information content (AvgIpc) is 2.98. The number of hydrogen-bond acceptors (Lipinski definition) is 3. The van der Waals surface area contributed by atoms with E-state index in [1.165, 1.54) is 0 Å². The molecular formula is C15H18N2O3S. The van der Waals surface area contributed by atoms with Crippen LogP contribution in [0.25, 0.3) is 10.9 Å². The zero-order chi connectivity index (χ0) is 15.2. The molecule has 3 rings (SSSR count). The van der Waals surface area contributed by atoms with Gasteiger partial charge in [-0.05, 0) is 12.5 Å². The second kappa shape index (κ2) is 4.87. The molecule has 2 heterocycles. The molecule has 0 aliphatic carbocycles. The lowest BCUT2D eigenvalue weighted by Crippen LogP contribution is -2.37. The molecule has 0 radical (unpaired) electrons. The molecule has 21 heavy (non-hydrogen) atoms. The Kier molecular flexibility index (Phi) is 3.28. The summed E-state index contributed by atoms with van der Waals surface area (Å²) in [5.41, 5.74) is 1.62. The first-order valence-electron chi connectivity index (χ1n) is 6.91. The van der Waals surface area contributed by atoms with Crippen LogP contribution in [-0.4, -0.2) is 48.4 Å². The van der Waals surface area contributed by atoms with Gasteiger partial charge in [0.1, 0.15) is 0 Å². The molecule has 1 aromatic carbocycles. The van der Waals surface area contributed by atoms with Gasteiger partial charge in [-0.1, -0.05) is 18.2 Å². The van der Waals surface area contributed by atoms with Crippen LogP contribution in [0.15, 0.2) is 30.5 Å². The summed E-state index contributed by atoms with van der Waals surface area (Å²) in [6.07, 6.45) is 2.34. The molecule has 1 aliphatic heterocycles. The van der Waals surface area contributed by atoms with Crippen LogP contribution in [0.3, 0.4) is 0 Å². The number of carbonyl (C=O) groups is 1. The zero-order valence-electron chi connectivity index (χ0n) is 12.1. The van der Waals surface area contributed by atoms with Crippen LogP contribution in [0.4, 0.5) is 0 Å². The molecule has 2 aromatic rings.